The lowest BCUT2D eigenvalue weighted by atomic mass is 9.94. The van der Waals surface area contributed by atoms with E-state index in [1.54, 1.807) is 6.07 Å². The Morgan fingerprint density at radius 2 is 1.32 bits per heavy atom. The molecular formula is C15H19NO9. The predicted octanol–water partition coefficient (Wildman–Crippen LogP) is -0.364. The number of carbonyl (C=O) groups excluding carboxylic acids is 4. The Kier molecular flexibility index (Phi) is 7.32. The van der Waals surface area contributed by atoms with Gasteiger partial charge in [-0.05, 0) is 0 Å². The SMILES string of the molecule is CC(=O)OCC1O[C@@H](C#N)C(OC(C)=O)[C@@H](OC(C)=O)[C@H]1OC(C)=O. The minimum atomic E-state index is -1.32. The summed E-state index contributed by atoms with van der Waals surface area (Å²) in [5, 5.41) is 9.27. The number of carbonyl (C=O) groups is 4. The Morgan fingerprint density at radius 1 is 0.840 bits per heavy atom. The molecule has 0 bridgehead atoms. The minimum absolute atomic E-state index is 0.351. The lowest BCUT2D eigenvalue weighted by Gasteiger charge is -2.42. The molecule has 0 aromatic heterocycles. The van der Waals surface area contributed by atoms with Gasteiger partial charge < -0.3 is 23.7 Å². The van der Waals surface area contributed by atoms with E-state index < -0.39 is 54.4 Å². The van der Waals surface area contributed by atoms with Gasteiger partial charge in [0.25, 0.3) is 0 Å². The van der Waals surface area contributed by atoms with Gasteiger partial charge in [0.15, 0.2) is 24.4 Å². The van der Waals surface area contributed by atoms with Crippen LogP contribution < -0.4 is 0 Å². The molecule has 138 valence electrons. The number of hydrogen-bond donors (Lipinski definition) is 0. The van der Waals surface area contributed by atoms with Crippen LogP contribution in [-0.4, -0.2) is 61.0 Å². The van der Waals surface area contributed by atoms with Crippen LogP contribution in [0.3, 0.4) is 0 Å². The lowest BCUT2D eigenvalue weighted by Crippen LogP contribution is -2.62. The van der Waals surface area contributed by atoms with Crippen LogP contribution in [0, 0.1) is 11.3 Å². The highest BCUT2D eigenvalue weighted by Gasteiger charge is 2.52. The topological polar surface area (TPSA) is 138 Å². The van der Waals surface area contributed by atoms with E-state index in [0.717, 1.165) is 27.7 Å². The molecule has 0 spiro atoms. The van der Waals surface area contributed by atoms with E-state index in [1.165, 1.54) is 0 Å². The molecule has 10 nitrogen and oxygen atoms in total. The first-order chi connectivity index (χ1) is 11.6. The Bertz CT molecular complexity index is 582. The van der Waals surface area contributed by atoms with E-state index >= 15 is 0 Å². The molecule has 1 rings (SSSR count). The first-order valence-electron chi connectivity index (χ1n) is 7.35. The van der Waals surface area contributed by atoms with E-state index in [0.29, 0.717) is 0 Å². The normalized spacial score (nSPS) is 28.2. The molecule has 0 amide bonds. The molecule has 1 fully saturated rings. The van der Waals surface area contributed by atoms with E-state index in [1.807, 2.05) is 0 Å². The quantitative estimate of drug-likeness (QED) is 0.473. The molecule has 0 saturated carbocycles. The van der Waals surface area contributed by atoms with Gasteiger partial charge in [-0.15, -0.1) is 0 Å². The van der Waals surface area contributed by atoms with Crippen LogP contribution in [-0.2, 0) is 42.9 Å². The Hall–Kier alpha value is -2.67. The van der Waals surface area contributed by atoms with Crippen molar-refractivity contribution in [3.63, 3.8) is 0 Å². The van der Waals surface area contributed by atoms with Crippen molar-refractivity contribution in [3.05, 3.63) is 0 Å². The summed E-state index contributed by atoms with van der Waals surface area (Å²) in [7, 11) is 0. The van der Waals surface area contributed by atoms with Crippen molar-refractivity contribution in [1.82, 2.24) is 0 Å². The molecule has 1 saturated heterocycles. The number of rotatable bonds is 5. The molecule has 5 atom stereocenters. The third kappa shape index (κ3) is 6.04. The van der Waals surface area contributed by atoms with Gasteiger partial charge in [0.1, 0.15) is 12.7 Å². The molecule has 1 heterocycles. The van der Waals surface area contributed by atoms with E-state index in [-0.39, 0.29) is 6.61 Å². The van der Waals surface area contributed by atoms with Gasteiger partial charge in [0.05, 0.1) is 6.07 Å². The van der Waals surface area contributed by atoms with E-state index in [2.05, 4.69) is 0 Å². The molecule has 10 heteroatoms. The smallest absolute Gasteiger partial charge is 0.303 e. The largest absolute Gasteiger partial charge is 0.463 e. The van der Waals surface area contributed by atoms with Crippen LogP contribution in [0.25, 0.3) is 0 Å². The fourth-order valence-electron chi connectivity index (χ4n) is 2.33. The summed E-state index contributed by atoms with van der Waals surface area (Å²) in [4.78, 5) is 45.2. The van der Waals surface area contributed by atoms with Crippen LogP contribution in [0.5, 0.6) is 0 Å². The summed E-state index contributed by atoms with van der Waals surface area (Å²) in [5.74, 6) is -2.84. The zero-order chi connectivity index (χ0) is 19.1. The molecule has 1 aliphatic rings. The first-order valence-corrected chi connectivity index (χ1v) is 7.35. The number of esters is 4. The van der Waals surface area contributed by atoms with Crippen molar-refractivity contribution in [2.24, 2.45) is 0 Å². The van der Waals surface area contributed by atoms with Gasteiger partial charge in [-0.2, -0.15) is 5.26 Å². The molecule has 1 aliphatic heterocycles. The van der Waals surface area contributed by atoms with E-state index in [9.17, 15) is 24.4 Å². The Balaban J connectivity index is 3.21. The fraction of sp³-hybridized carbons (Fsp3) is 0.667. The van der Waals surface area contributed by atoms with Gasteiger partial charge in [0.2, 0.25) is 0 Å². The summed E-state index contributed by atoms with van der Waals surface area (Å²) < 4.78 is 25.6. The second-order valence-corrected chi connectivity index (χ2v) is 5.25. The number of hydrogen-bond acceptors (Lipinski definition) is 10. The van der Waals surface area contributed by atoms with Crippen molar-refractivity contribution >= 4 is 23.9 Å². The summed E-state index contributed by atoms with van der Waals surface area (Å²) >= 11 is 0. The van der Waals surface area contributed by atoms with E-state index in [4.69, 9.17) is 23.7 Å². The standard InChI is InChI=1S/C15H19NO9/c1-7(17)21-6-12-14(23-9(3)19)15(24-10(4)20)13(22-8(2)18)11(5-16)25-12/h11-15H,6H2,1-4H3/t11-,12?,13?,14-,15+/m0/s1. The first kappa shape index (κ1) is 20.4. The highest BCUT2D eigenvalue weighted by molar-refractivity contribution is 5.68. The average Bonchev–Trinajstić information content (AvgIpc) is 2.48. The molecular weight excluding hydrogens is 338 g/mol. The van der Waals surface area contributed by atoms with Gasteiger partial charge >= 0.3 is 23.9 Å². The monoisotopic (exact) mass is 357 g/mol. The number of ether oxygens (including phenoxy) is 5. The predicted molar refractivity (Wildman–Crippen MR) is 77.6 cm³/mol. The van der Waals surface area contributed by atoms with Crippen molar-refractivity contribution in [2.75, 3.05) is 6.61 Å². The highest BCUT2D eigenvalue weighted by atomic mass is 16.7. The number of nitriles is 1. The van der Waals surface area contributed by atoms with Crippen molar-refractivity contribution in [2.45, 2.75) is 58.2 Å². The molecule has 0 N–H and O–H groups in total. The zero-order valence-corrected chi connectivity index (χ0v) is 14.2. The van der Waals surface area contributed by atoms with Gasteiger partial charge in [-0.25, -0.2) is 0 Å². The third-order valence-corrected chi connectivity index (χ3v) is 3.12. The van der Waals surface area contributed by atoms with Crippen LogP contribution in [0.15, 0.2) is 0 Å². The second-order valence-electron chi connectivity index (χ2n) is 5.25. The van der Waals surface area contributed by atoms with Crippen molar-refractivity contribution in [1.29, 1.82) is 5.26 Å². The fourth-order valence-corrected chi connectivity index (χ4v) is 2.33. The lowest BCUT2D eigenvalue weighted by molar-refractivity contribution is -0.243. The average molecular weight is 357 g/mol. The van der Waals surface area contributed by atoms with Gasteiger partial charge in [0, 0.05) is 27.7 Å². The maximum Gasteiger partial charge on any atom is 0.303 e. The van der Waals surface area contributed by atoms with Crippen LogP contribution >= 0.6 is 0 Å². The minimum Gasteiger partial charge on any atom is -0.463 e. The molecule has 0 aliphatic carbocycles. The summed E-state index contributed by atoms with van der Waals surface area (Å²) in [6.07, 6.45) is -6.27. The maximum atomic E-state index is 11.4. The Labute approximate surface area is 143 Å². The molecule has 25 heavy (non-hydrogen) atoms. The van der Waals surface area contributed by atoms with Crippen molar-refractivity contribution in [3.8, 4) is 6.07 Å². The van der Waals surface area contributed by atoms with Crippen LogP contribution in [0.4, 0.5) is 0 Å². The molecule has 0 radical (unpaired) electrons. The van der Waals surface area contributed by atoms with Gasteiger partial charge in [-0.1, -0.05) is 0 Å². The summed E-state index contributed by atoms with van der Waals surface area (Å²) in [6, 6.07) is 1.78. The molecule has 2 unspecified atom stereocenters. The zero-order valence-electron chi connectivity index (χ0n) is 14.2. The number of nitrogens with zero attached hydrogens (tertiary/aromatic N) is 1. The third-order valence-electron chi connectivity index (χ3n) is 3.12. The van der Waals surface area contributed by atoms with Crippen molar-refractivity contribution < 1.29 is 42.9 Å². The van der Waals surface area contributed by atoms with Crippen LogP contribution in [0.2, 0.25) is 0 Å². The Morgan fingerprint density at radius 3 is 1.76 bits per heavy atom. The van der Waals surface area contributed by atoms with Crippen LogP contribution in [0.1, 0.15) is 27.7 Å². The summed E-state index contributed by atoms with van der Waals surface area (Å²) in [5.41, 5.74) is 0. The summed E-state index contributed by atoms with van der Waals surface area (Å²) in [6.45, 7) is 4.14. The second kappa shape index (κ2) is 8.98. The molecule has 0 aromatic rings. The maximum absolute atomic E-state index is 11.4. The molecule has 0 aromatic carbocycles. The van der Waals surface area contributed by atoms with Gasteiger partial charge in [-0.3, -0.25) is 19.2 Å². The highest BCUT2D eigenvalue weighted by Crippen LogP contribution is 2.28.